The minimum atomic E-state index is -0.868. The molecule has 0 aliphatic carbocycles. The molecule has 0 spiro atoms. The van der Waals surface area contributed by atoms with E-state index in [9.17, 15) is 14.4 Å². The number of nitrogens with zero attached hydrogens (tertiary/aromatic N) is 1. The summed E-state index contributed by atoms with van der Waals surface area (Å²) < 4.78 is 17.8. The number of urea groups is 1. The van der Waals surface area contributed by atoms with Crippen LogP contribution in [0.2, 0.25) is 10.0 Å². The first-order valence-electron chi connectivity index (χ1n) is 14.8. The minimum Gasteiger partial charge on any atom is -0.490 e. The standard InChI is InChI=1S/C37H28Cl2N2O6/c1-2-45-33-20-23(19-32(39)34(33)47-21-25-11-7-10-24-8-3-5-12-29(24)25)18-30-35(42)40-37(44)41(36(30)43)27-14-16-28(17-15-27)46-22-26-9-4-6-13-31(26)38/h3-20H,2,21-22H2,1H3,(H,40,42,44)/b30-18+. The lowest BCUT2D eigenvalue weighted by Crippen LogP contribution is -2.54. The van der Waals surface area contributed by atoms with Crippen LogP contribution in [0.25, 0.3) is 16.8 Å². The second-order valence-corrected chi connectivity index (χ2v) is 11.3. The smallest absolute Gasteiger partial charge is 0.335 e. The third-order valence-corrected chi connectivity index (χ3v) is 8.09. The van der Waals surface area contributed by atoms with Crippen LogP contribution in [0.15, 0.2) is 109 Å². The van der Waals surface area contributed by atoms with Gasteiger partial charge in [-0.25, -0.2) is 9.69 Å². The van der Waals surface area contributed by atoms with Gasteiger partial charge in [-0.2, -0.15) is 0 Å². The second kappa shape index (κ2) is 14.0. The number of carbonyl (C=O) groups is 3. The SMILES string of the molecule is CCOc1cc(/C=C2\C(=O)NC(=O)N(c3ccc(OCc4ccccc4Cl)cc3)C2=O)cc(Cl)c1OCc1cccc2ccccc12. The molecule has 0 unspecified atom stereocenters. The Labute approximate surface area is 281 Å². The molecular weight excluding hydrogens is 639 g/mol. The number of hydrogen-bond acceptors (Lipinski definition) is 6. The quantitative estimate of drug-likeness (QED) is 0.119. The summed E-state index contributed by atoms with van der Waals surface area (Å²) in [6, 6.07) is 30.0. The zero-order chi connectivity index (χ0) is 32.9. The minimum absolute atomic E-state index is 0.229. The molecule has 1 N–H and O–H groups in total. The van der Waals surface area contributed by atoms with Gasteiger partial charge in [0.05, 0.1) is 17.3 Å². The largest absolute Gasteiger partial charge is 0.490 e. The normalized spacial score (nSPS) is 14.0. The molecule has 0 saturated carbocycles. The Bertz CT molecular complexity index is 2020. The van der Waals surface area contributed by atoms with Gasteiger partial charge >= 0.3 is 6.03 Å². The van der Waals surface area contributed by atoms with Crippen LogP contribution in [0.3, 0.4) is 0 Å². The molecule has 236 valence electrons. The summed E-state index contributed by atoms with van der Waals surface area (Å²) in [5, 5.41) is 5.20. The van der Waals surface area contributed by atoms with E-state index in [1.165, 1.54) is 6.08 Å². The number of fused-ring (bicyclic) bond motifs is 1. The number of hydrogen-bond donors (Lipinski definition) is 1. The van der Waals surface area contributed by atoms with Crippen molar-refractivity contribution in [2.45, 2.75) is 20.1 Å². The van der Waals surface area contributed by atoms with E-state index in [1.54, 1.807) is 42.5 Å². The highest BCUT2D eigenvalue weighted by atomic mass is 35.5. The number of ether oxygens (including phenoxy) is 3. The van der Waals surface area contributed by atoms with Gasteiger partial charge in [0.2, 0.25) is 0 Å². The average Bonchev–Trinajstić information content (AvgIpc) is 3.06. The lowest BCUT2D eigenvalue weighted by Gasteiger charge is -2.26. The average molecular weight is 668 g/mol. The van der Waals surface area contributed by atoms with Gasteiger partial charge in [0.25, 0.3) is 11.8 Å². The van der Waals surface area contributed by atoms with Gasteiger partial charge in [0.1, 0.15) is 24.5 Å². The number of rotatable bonds is 10. The topological polar surface area (TPSA) is 94.2 Å². The fourth-order valence-electron chi connectivity index (χ4n) is 5.17. The Morgan fingerprint density at radius 1 is 0.745 bits per heavy atom. The number of benzene rings is 5. The van der Waals surface area contributed by atoms with Gasteiger partial charge in [0.15, 0.2) is 11.5 Å². The number of anilines is 1. The fraction of sp³-hybridized carbons (Fsp3) is 0.108. The van der Waals surface area contributed by atoms with Crippen LogP contribution in [0.1, 0.15) is 23.6 Å². The number of carbonyl (C=O) groups excluding carboxylic acids is 3. The van der Waals surface area contributed by atoms with Crippen molar-refractivity contribution >= 4 is 63.6 Å². The first kappa shape index (κ1) is 31.7. The first-order valence-corrected chi connectivity index (χ1v) is 15.5. The molecule has 5 aromatic rings. The molecule has 1 heterocycles. The number of amides is 4. The molecule has 6 rings (SSSR count). The van der Waals surface area contributed by atoms with E-state index >= 15 is 0 Å². The highest BCUT2D eigenvalue weighted by Crippen LogP contribution is 2.38. The van der Waals surface area contributed by atoms with E-state index in [-0.39, 0.29) is 29.5 Å². The molecule has 0 atom stereocenters. The Kier molecular flexibility index (Phi) is 9.42. The molecule has 0 bridgehead atoms. The summed E-state index contributed by atoms with van der Waals surface area (Å²) in [6.45, 7) is 2.62. The summed E-state index contributed by atoms with van der Waals surface area (Å²) in [5.41, 5.74) is 2.19. The predicted molar refractivity (Wildman–Crippen MR) is 182 cm³/mol. The molecule has 10 heteroatoms. The summed E-state index contributed by atoms with van der Waals surface area (Å²) in [6.07, 6.45) is 1.36. The Balaban J connectivity index is 1.22. The molecule has 1 aliphatic rings. The van der Waals surface area contributed by atoms with Gasteiger partial charge in [0, 0.05) is 10.6 Å². The predicted octanol–water partition coefficient (Wildman–Crippen LogP) is 8.37. The molecule has 8 nitrogen and oxygen atoms in total. The van der Waals surface area contributed by atoms with Crippen molar-refractivity contribution in [1.29, 1.82) is 0 Å². The van der Waals surface area contributed by atoms with E-state index in [1.807, 2.05) is 67.6 Å². The maximum atomic E-state index is 13.6. The van der Waals surface area contributed by atoms with Crippen molar-refractivity contribution < 1.29 is 28.6 Å². The van der Waals surface area contributed by atoms with E-state index in [0.29, 0.717) is 34.4 Å². The van der Waals surface area contributed by atoms with Crippen molar-refractivity contribution in [2.75, 3.05) is 11.5 Å². The summed E-state index contributed by atoms with van der Waals surface area (Å²) in [5.74, 6) is -0.450. The highest BCUT2D eigenvalue weighted by molar-refractivity contribution is 6.39. The number of imide groups is 2. The molecule has 0 radical (unpaired) electrons. The van der Waals surface area contributed by atoms with E-state index in [2.05, 4.69) is 5.32 Å². The molecule has 1 aliphatic heterocycles. The summed E-state index contributed by atoms with van der Waals surface area (Å²) in [4.78, 5) is 40.1. The zero-order valence-corrected chi connectivity index (χ0v) is 26.7. The monoisotopic (exact) mass is 666 g/mol. The number of nitrogens with one attached hydrogen (secondary N) is 1. The summed E-state index contributed by atoms with van der Waals surface area (Å²) in [7, 11) is 0. The molecule has 1 saturated heterocycles. The van der Waals surface area contributed by atoms with E-state index < -0.39 is 17.8 Å². The molecule has 1 fully saturated rings. The third kappa shape index (κ3) is 6.94. The molecule has 4 amide bonds. The Morgan fingerprint density at radius 3 is 2.23 bits per heavy atom. The maximum Gasteiger partial charge on any atom is 0.335 e. The first-order chi connectivity index (χ1) is 22.8. The second-order valence-electron chi connectivity index (χ2n) is 10.5. The van der Waals surface area contributed by atoms with E-state index in [4.69, 9.17) is 37.4 Å². The van der Waals surface area contributed by atoms with Crippen molar-refractivity contribution in [3.63, 3.8) is 0 Å². The van der Waals surface area contributed by atoms with Crippen LogP contribution in [-0.2, 0) is 22.8 Å². The van der Waals surface area contributed by atoms with Gasteiger partial charge < -0.3 is 14.2 Å². The van der Waals surface area contributed by atoms with Crippen molar-refractivity contribution in [1.82, 2.24) is 5.32 Å². The van der Waals surface area contributed by atoms with E-state index in [0.717, 1.165) is 26.8 Å². The van der Waals surface area contributed by atoms with Crippen LogP contribution in [0, 0.1) is 0 Å². The van der Waals surface area contributed by atoms with Crippen LogP contribution < -0.4 is 24.4 Å². The van der Waals surface area contributed by atoms with Crippen LogP contribution in [0.4, 0.5) is 10.5 Å². The maximum absolute atomic E-state index is 13.6. The number of halogens is 2. The van der Waals surface area contributed by atoms with Crippen LogP contribution in [-0.4, -0.2) is 24.5 Å². The lowest BCUT2D eigenvalue weighted by atomic mass is 10.1. The van der Waals surface area contributed by atoms with Gasteiger partial charge in [-0.1, -0.05) is 83.9 Å². The number of barbiturate groups is 1. The highest BCUT2D eigenvalue weighted by Gasteiger charge is 2.37. The Morgan fingerprint density at radius 2 is 1.45 bits per heavy atom. The van der Waals surface area contributed by atoms with Crippen molar-refractivity contribution in [3.05, 3.63) is 135 Å². The van der Waals surface area contributed by atoms with Gasteiger partial charge in [-0.05, 0) is 77.4 Å². The van der Waals surface area contributed by atoms with Crippen LogP contribution >= 0.6 is 23.2 Å². The van der Waals surface area contributed by atoms with Gasteiger partial charge in [-0.3, -0.25) is 14.9 Å². The molecule has 0 aromatic heterocycles. The van der Waals surface area contributed by atoms with Crippen LogP contribution in [0.5, 0.6) is 17.2 Å². The van der Waals surface area contributed by atoms with Crippen molar-refractivity contribution in [2.24, 2.45) is 0 Å². The Hall–Kier alpha value is -5.31. The molecule has 47 heavy (non-hydrogen) atoms. The third-order valence-electron chi connectivity index (χ3n) is 7.44. The summed E-state index contributed by atoms with van der Waals surface area (Å²) >= 11 is 12.9. The molecule has 5 aromatic carbocycles. The zero-order valence-electron chi connectivity index (χ0n) is 25.2. The van der Waals surface area contributed by atoms with Crippen molar-refractivity contribution in [3.8, 4) is 17.2 Å². The lowest BCUT2D eigenvalue weighted by molar-refractivity contribution is -0.122. The molecular formula is C37H28Cl2N2O6. The van der Waals surface area contributed by atoms with Gasteiger partial charge in [-0.15, -0.1) is 0 Å². The fourth-order valence-corrected chi connectivity index (χ4v) is 5.63.